The molecule has 2 rings (SSSR count). The number of aliphatic hydroxyl groups excluding tert-OH is 7. The van der Waals surface area contributed by atoms with Gasteiger partial charge in [-0.25, -0.2) is 0 Å². The van der Waals surface area contributed by atoms with E-state index in [0.29, 0.717) is 6.61 Å². The second-order valence-electron chi connectivity index (χ2n) is 16.0. The number of aliphatic hydroxyl groups is 7. The monoisotopic (exact) mass is 809 g/mol. The van der Waals surface area contributed by atoms with Gasteiger partial charge in [0.25, 0.3) is 0 Å². The number of esters is 1. The van der Waals surface area contributed by atoms with Gasteiger partial charge in [0.05, 0.1) is 26.4 Å². The molecule has 11 unspecified atom stereocenters. The minimum Gasteiger partial charge on any atom is -0.458 e. The van der Waals surface area contributed by atoms with Crippen LogP contribution in [-0.4, -0.2) is 142 Å². The lowest BCUT2D eigenvalue weighted by molar-refractivity contribution is -0.332. The highest BCUT2D eigenvalue weighted by atomic mass is 16.7. The van der Waals surface area contributed by atoms with Crippen molar-refractivity contribution >= 4 is 5.97 Å². The molecule has 0 saturated carbocycles. The summed E-state index contributed by atoms with van der Waals surface area (Å²) in [5.74, 6) is -0.548. The van der Waals surface area contributed by atoms with Gasteiger partial charge in [-0.15, -0.1) is 0 Å². The van der Waals surface area contributed by atoms with Crippen LogP contribution in [0.3, 0.4) is 0 Å². The molecule has 2 heterocycles. The van der Waals surface area contributed by atoms with Crippen LogP contribution >= 0.6 is 0 Å². The standard InChI is InChI=1S/C42H80O14/c1-3-4-5-6-7-8-9-10-11-12-13-14-15-16-17-18-19-20-21-22-23-24-25-26-51-28-32(54-31(2)44)29-52-41-40(50)38(48)36(46)34(56-41)30-53-42-39(49)37(47)35(45)33(27-43)55-42/h32-43,45-50H,3-30H2,1-2H3. The molecule has 0 spiro atoms. The fourth-order valence-corrected chi connectivity index (χ4v) is 7.34. The first-order valence-electron chi connectivity index (χ1n) is 22.1. The van der Waals surface area contributed by atoms with Crippen molar-refractivity contribution < 1.29 is 69.0 Å². The molecule has 0 bridgehead atoms. The van der Waals surface area contributed by atoms with E-state index >= 15 is 0 Å². The first-order valence-corrected chi connectivity index (χ1v) is 22.1. The first-order chi connectivity index (χ1) is 27.1. The fourth-order valence-electron chi connectivity index (χ4n) is 7.34. The molecule has 332 valence electrons. The Morgan fingerprint density at radius 3 is 1.34 bits per heavy atom. The molecule has 2 saturated heterocycles. The lowest BCUT2D eigenvalue weighted by Crippen LogP contribution is -2.61. The van der Waals surface area contributed by atoms with Gasteiger partial charge in [0.15, 0.2) is 12.6 Å². The minimum atomic E-state index is -1.70. The number of hydrogen-bond acceptors (Lipinski definition) is 14. The molecule has 2 aliphatic rings. The third-order valence-electron chi connectivity index (χ3n) is 10.9. The zero-order chi connectivity index (χ0) is 41.0. The summed E-state index contributed by atoms with van der Waals surface area (Å²) in [5.41, 5.74) is 0. The molecule has 0 radical (unpaired) electrons. The Labute approximate surface area is 336 Å². The maximum Gasteiger partial charge on any atom is 0.303 e. The zero-order valence-corrected chi connectivity index (χ0v) is 34.6. The van der Waals surface area contributed by atoms with Gasteiger partial charge in [-0.3, -0.25) is 4.79 Å². The molecule has 0 aliphatic carbocycles. The van der Waals surface area contributed by atoms with Crippen LogP contribution in [0.25, 0.3) is 0 Å². The lowest BCUT2D eigenvalue weighted by Gasteiger charge is -2.42. The third kappa shape index (κ3) is 21.3. The van der Waals surface area contributed by atoms with Gasteiger partial charge in [0, 0.05) is 13.5 Å². The Morgan fingerprint density at radius 1 is 0.518 bits per heavy atom. The highest BCUT2D eigenvalue weighted by Crippen LogP contribution is 2.26. The molecule has 2 aliphatic heterocycles. The SMILES string of the molecule is CCCCCCCCCCCCCCCCCCCCCCCCCOCC(COC1OC(COC2OC(CO)C(O)C(O)C2O)C(O)C(O)C1O)OC(C)=O. The van der Waals surface area contributed by atoms with Gasteiger partial charge >= 0.3 is 5.97 Å². The summed E-state index contributed by atoms with van der Waals surface area (Å²) < 4.78 is 33.1. The highest BCUT2D eigenvalue weighted by Gasteiger charge is 2.47. The zero-order valence-electron chi connectivity index (χ0n) is 34.6. The summed E-state index contributed by atoms with van der Waals surface area (Å²) in [4.78, 5) is 11.7. The quantitative estimate of drug-likeness (QED) is 0.0351. The van der Waals surface area contributed by atoms with Crippen LogP contribution in [0, 0.1) is 0 Å². The van der Waals surface area contributed by atoms with Gasteiger partial charge in [0.2, 0.25) is 0 Å². The van der Waals surface area contributed by atoms with Crippen LogP contribution in [0.4, 0.5) is 0 Å². The van der Waals surface area contributed by atoms with E-state index in [-0.39, 0.29) is 13.2 Å². The smallest absolute Gasteiger partial charge is 0.303 e. The largest absolute Gasteiger partial charge is 0.458 e. The molecule has 0 aromatic carbocycles. The Morgan fingerprint density at radius 2 is 0.911 bits per heavy atom. The Bertz CT molecular complexity index is 943. The second kappa shape index (κ2) is 31.9. The number of ether oxygens (including phenoxy) is 6. The minimum absolute atomic E-state index is 0.0521. The summed E-state index contributed by atoms with van der Waals surface area (Å²) in [6, 6.07) is 0. The van der Waals surface area contributed by atoms with Crippen LogP contribution in [-0.2, 0) is 33.2 Å². The van der Waals surface area contributed by atoms with Crippen molar-refractivity contribution in [2.45, 2.75) is 229 Å². The van der Waals surface area contributed by atoms with Crippen molar-refractivity contribution in [3.63, 3.8) is 0 Å². The maximum absolute atomic E-state index is 11.7. The molecule has 7 N–H and O–H groups in total. The van der Waals surface area contributed by atoms with Crippen molar-refractivity contribution in [1.29, 1.82) is 0 Å². The van der Waals surface area contributed by atoms with Crippen molar-refractivity contribution in [2.75, 3.05) is 33.0 Å². The molecule has 56 heavy (non-hydrogen) atoms. The number of carbonyl (C=O) groups excluding carboxylic acids is 1. The van der Waals surface area contributed by atoms with E-state index in [0.717, 1.165) is 19.3 Å². The molecule has 2 fully saturated rings. The van der Waals surface area contributed by atoms with Crippen LogP contribution in [0.2, 0.25) is 0 Å². The highest BCUT2D eigenvalue weighted by molar-refractivity contribution is 5.66. The van der Waals surface area contributed by atoms with Gasteiger partial charge < -0.3 is 64.2 Å². The van der Waals surface area contributed by atoms with E-state index in [9.17, 15) is 40.5 Å². The number of hydrogen-bond donors (Lipinski definition) is 7. The van der Waals surface area contributed by atoms with Crippen molar-refractivity contribution in [3.05, 3.63) is 0 Å². The van der Waals surface area contributed by atoms with Crippen LogP contribution in [0.5, 0.6) is 0 Å². The average Bonchev–Trinajstić information content (AvgIpc) is 3.18. The maximum atomic E-state index is 11.7. The molecule has 14 heteroatoms. The summed E-state index contributed by atoms with van der Waals surface area (Å²) in [6.45, 7) is 2.71. The van der Waals surface area contributed by atoms with Gasteiger partial charge in [0.1, 0.15) is 54.9 Å². The molecular formula is C42H80O14. The number of unbranched alkanes of at least 4 members (excludes halogenated alkanes) is 22. The van der Waals surface area contributed by atoms with Gasteiger partial charge in [-0.05, 0) is 6.42 Å². The van der Waals surface area contributed by atoms with E-state index in [1.807, 2.05) is 0 Å². The van der Waals surface area contributed by atoms with Crippen molar-refractivity contribution in [2.24, 2.45) is 0 Å². The summed E-state index contributed by atoms with van der Waals surface area (Å²) in [5, 5.41) is 70.9. The molecular weight excluding hydrogens is 728 g/mol. The Balaban J connectivity index is 1.49. The summed E-state index contributed by atoms with van der Waals surface area (Å²) >= 11 is 0. The number of carbonyl (C=O) groups is 1. The number of rotatable bonds is 34. The molecule has 11 atom stereocenters. The first kappa shape index (κ1) is 51.1. The molecule has 0 amide bonds. The molecule has 14 nitrogen and oxygen atoms in total. The lowest BCUT2D eigenvalue weighted by atomic mass is 9.98. The Hall–Kier alpha value is -1.01. The van der Waals surface area contributed by atoms with E-state index in [2.05, 4.69) is 6.92 Å². The Kier molecular flexibility index (Phi) is 29.1. The van der Waals surface area contributed by atoms with Crippen LogP contribution < -0.4 is 0 Å². The average molecular weight is 809 g/mol. The van der Waals surface area contributed by atoms with Gasteiger partial charge in [-0.2, -0.15) is 0 Å². The van der Waals surface area contributed by atoms with Crippen LogP contribution in [0.15, 0.2) is 0 Å². The van der Waals surface area contributed by atoms with Crippen molar-refractivity contribution in [3.8, 4) is 0 Å². The molecule has 0 aromatic heterocycles. The fraction of sp³-hybridized carbons (Fsp3) is 0.976. The van der Waals surface area contributed by atoms with E-state index in [1.54, 1.807) is 0 Å². The predicted molar refractivity (Wildman–Crippen MR) is 211 cm³/mol. The third-order valence-corrected chi connectivity index (χ3v) is 10.9. The second-order valence-corrected chi connectivity index (χ2v) is 16.0. The van der Waals surface area contributed by atoms with Crippen molar-refractivity contribution in [1.82, 2.24) is 0 Å². The summed E-state index contributed by atoms with van der Waals surface area (Å²) in [6.07, 6.45) is 14.4. The topological polar surface area (TPSA) is 214 Å². The van der Waals surface area contributed by atoms with E-state index in [4.69, 9.17) is 28.4 Å². The predicted octanol–water partition coefficient (Wildman–Crippen LogP) is 4.57. The van der Waals surface area contributed by atoms with Crippen LogP contribution in [0.1, 0.15) is 162 Å². The normalized spacial score (nSPS) is 28.7. The summed E-state index contributed by atoms with van der Waals surface area (Å²) in [7, 11) is 0. The van der Waals surface area contributed by atoms with E-state index in [1.165, 1.54) is 135 Å². The van der Waals surface area contributed by atoms with E-state index < -0.39 is 86.7 Å². The van der Waals surface area contributed by atoms with Gasteiger partial charge in [-0.1, -0.05) is 148 Å². The molecule has 0 aromatic rings.